The van der Waals surface area contributed by atoms with Crippen molar-refractivity contribution in [3.8, 4) is 0 Å². The molecule has 1 unspecified atom stereocenters. The fraction of sp³-hybridized carbons (Fsp3) is 1.00. The lowest BCUT2D eigenvalue weighted by Gasteiger charge is -2.10. The topological polar surface area (TPSA) is 20.2 Å². The minimum absolute atomic E-state index is 0.342. The number of thioether (sulfide) groups is 1. The van der Waals surface area contributed by atoms with Crippen LogP contribution in [-0.2, 0) is 0 Å². The molecule has 2 heteroatoms. The van der Waals surface area contributed by atoms with E-state index in [9.17, 15) is 0 Å². The largest absolute Gasteiger partial charge is 0.395 e. The molecule has 0 bridgehead atoms. The van der Waals surface area contributed by atoms with Crippen molar-refractivity contribution in [1.82, 2.24) is 0 Å². The second-order valence-electron chi connectivity index (χ2n) is 3.14. The lowest BCUT2D eigenvalue weighted by atomic mass is 10.2. The van der Waals surface area contributed by atoms with E-state index in [4.69, 9.17) is 5.11 Å². The molecule has 0 aromatic carbocycles. The summed E-state index contributed by atoms with van der Waals surface area (Å²) in [6.45, 7) is 4.71. The lowest BCUT2D eigenvalue weighted by molar-refractivity contribution is 0.292. The summed E-state index contributed by atoms with van der Waals surface area (Å²) >= 11 is 1.92. The second-order valence-corrected chi connectivity index (χ2v) is 4.55. The fourth-order valence-electron chi connectivity index (χ4n) is 1.08. The van der Waals surface area contributed by atoms with Crippen molar-refractivity contribution in [3.63, 3.8) is 0 Å². The fourth-order valence-corrected chi connectivity index (χ4v) is 2.12. The molecule has 0 heterocycles. The Labute approximate surface area is 80.9 Å². The van der Waals surface area contributed by atoms with Gasteiger partial charge >= 0.3 is 0 Å². The number of aliphatic hydroxyl groups is 1. The first kappa shape index (κ1) is 12.3. The zero-order valence-corrected chi connectivity index (χ0v) is 9.20. The van der Waals surface area contributed by atoms with Crippen molar-refractivity contribution in [3.05, 3.63) is 0 Å². The van der Waals surface area contributed by atoms with Crippen LogP contribution in [-0.4, -0.2) is 22.7 Å². The van der Waals surface area contributed by atoms with Crippen molar-refractivity contribution in [2.45, 2.75) is 51.2 Å². The molecule has 0 aromatic rings. The molecule has 12 heavy (non-hydrogen) atoms. The van der Waals surface area contributed by atoms with Gasteiger partial charge in [0.1, 0.15) is 0 Å². The molecule has 1 nitrogen and oxygen atoms in total. The van der Waals surface area contributed by atoms with Gasteiger partial charge in [-0.1, -0.05) is 33.1 Å². The molecule has 0 spiro atoms. The van der Waals surface area contributed by atoms with Crippen LogP contribution in [0.25, 0.3) is 0 Å². The van der Waals surface area contributed by atoms with E-state index in [0.717, 1.165) is 6.42 Å². The Morgan fingerprint density at radius 2 is 1.92 bits per heavy atom. The molecular weight excluding hydrogens is 168 g/mol. The Hall–Kier alpha value is 0.310. The normalized spacial score (nSPS) is 13.2. The number of unbranched alkanes of at least 4 members (excludes halogenated alkanes) is 3. The van der Waals surface area contributed by atoms with Crippen LogP contribution in [0.5, 0.6) is 0 Å². The Balaban J connectivity index is 3.06. The standard InChI is InChI=1S/C10H22OS/c1-3-5-6-7-8-12-10(4-2)9-11/h10-11H,3-9H2,1-2H3. The predicted octanol–water partition coefficient (Wildman–Crippen LogP) is 3.07. The maximum Gasteiger partial charge on any atom is 0.0549 e. The first-order chi connectivity index (χ1) is 5.85. The van der Waals surface area contributed by atoms with Gasteiger partial charge in [-0.3, -0.25) is 0 Å². The molecule has 74 valence electrons. The molecule has 1 N–H and O–H groups in total. The van der Waals surface area contributed by atoms with E-state index < -0.39 is 0 Å². The molecule has 0 radical (unpaired) electrons. The maximum atomic E-state index is 8.91. The Morgan fingerprint density at radius 3 is 2.42 bits per heavy atom. The Kier molecular flexibility index (Phi) is 9.64. The molecule has 0 amide bonds. The van der Waals surface area contributed by atoms with E-state index in [-0.39, 0.29) is 0 Å². The summed E-state index contributed by atoms with van der Waals surface area (Å²) in [4.78, 5) is 0. The second kappa shape index (κ2) is 9.40. The third-order valence-corrected chi connectivity index (χ3v) is 3.49. The molecule has 0 aromatic heterocycles. The van der Waals surface area contributed by atoms with Crippen LogP contribution in [0.3, 0.4) is 0 Å². The van der Waals surface area contributed by atoms with Crippen molar-refractivity contribution in [2.24, 2.45) is 0 Å². The van der Waals surface area contributed by atoms with Crippen LogP contribution in [0.1, 0.15) is 46.0 Å². The Morgan fingerprint density at radius 1 is 1.17 bits per heavy atom. The monoisotopic (exact) mass is 190 g/mol. The highest BCUT2D eigenvalue weighted by Crippen LogP contribution is 2.16. The average molecular weight is 190 g/mol. The van der Waals surface area contributed by atoms with Gasteiger partial charge in [0.25, 0.3) is 0 Å². The minimum atomic E-state index is 0.342. The van der Waals surface area contributed by atoms with E-state index in [1.165, 1.54) is 31.4 Å². The summed E-state index contributed by atoms with van der Waals surface area (Å²) in [5.41, 5.74) is 0. The van der Waals surface area contributed by atoms with E-state index in [2.05, 4.69) is 13.8 Å². The van der Waals surface area contributed by atoms with Crippen LogP contribution in [0.2, 0.25) is 0 Å². The first-order valence-corrected chi connectivity index (χ1v) is 6.12. The number of aliphatic hydroxyl groups excluding tert-OH is 1. The number of hydrogen-bond donors (Lipinski definition) is 1. The van der Waals surface area contributed by atoms with Gasteiger partial charge in [-0.2, -0.15) is 11.8 Å². The molecule has 0 saturated heterocycles. The molecule has 0 aliphatic heterocycles. The van der Waals surface area contributed by atoms with Crippen molar-refractivity contribution in [2.75, 3.05) is 12.4 Å². The van der Waals surface area contributed by atoms with Gasteiger partial charge in [0, 0.05) is 5.25 Å². The van der Waals surface area contributed by atoms with Crippen LogP contribution in [0.4, 0.5) is 0 Å². The van der Waals surface area contributed by atoms with E-state index in [1.807, 2.05) is 11.8 Å². The van der Waals surface area contributed by atoms with E-state index in [1.54, 1.807) is 0 Å². The Bertz CT molecular complexity index is 81.9. The third-order valence-electron chi connectivity index (χ3n) is 2.01. The number of rotatable bonds is 8. The van der Waals surface area contributed by atoms with Crippen LogP contribution < -0.4 is 0 Å². The summed E-state index contributed by atoms with van der Waals surface area (Å²) in [5.74, 6) is 1.22. The highest BCUT2D eigenvalue weighted by atomic mass is 32.2. The molecular formula is C10H22OS. The molecule has 1 atom stereocenters. The zero-order valence-electron chi connectivity index (χ0n) is 8.38. The van der Waals surface area contributed by atoms with Gasteiger partial charge in [-0.25, -0.2) is 0 Å². The quantitative estimate of drug-likeness (QED) is 0.594. The minimum Gasteiger partial charge on any atom is -0.395 e. The van der Waals surface area contributed by atoms with Crippen molar-refractivity contribution < 1.29 is 5.11 Å². The number of hydrogen-bond acceptors (Lipinski definition) is 2. The smallest absolute Gasteiger partial charge is 0.0549 e. The molecule has 0 aliphatic rings. The van der Waals surface area contributed by atoms with Crippen molar-refractivity contribution in [1.29, 1.82) is 0 Å². The highest BCUT2D eigenvalue weighted by molar-refractivity contribution is 7.99. The summed E-state index contributed by atoms with van der Waals surface area (Å²) in [7, 11) is 0. The predicted molar refractivity (Wildman–Crippen MR) is 57.8 cm³/mol. The summed E-state index contributed by atoms with van der Waals surface area (Å²) in [6.07, 6.45) is 6.42. The van der Waals surface area contributed by atoms with Crippen molar-refractivity contribution >= 4 is 11.8 Å². The molecule has 0 saturated carbocycles. The van der Waals surface area contributed by atoms with E-state index in [0.29, 0.717) is 11.9 Å². The third kappa shape index (κ3) is 6.99. The van der Waals surface area contributed by atoms with E-state index >= 15 is 0 Å². The van der Waals surface area contributed by atoms with Crippen LogP contribution >= 0.6 is 11.8 Å². The van der Waals surface area contributed by atoms with Gasteiger partial charge in [-0.05, 0) is 18.6 Å². The average Bonchev–Trinajstić information content (AvgIpc) is 2.11. The SMILES string of the molecule is CCCCCCSC(CC)CO. The van der Waals surface area contributed by atoms with Gasteiger partial charge in [0.2, 0.25) is 0 Å². The van der Waals surface area contributed by atoms with Crippen LogP contribution in [0.15, 0.2) is 0 Å². The first-order valence-electron chi connectivity index (χ1n) is 5.07. The molecule has 0 fully saturated rings. The van der Waals surface area contributed by atoms with Gasteiger partial charge in [0.05, 0.1) is 6.61 Å². The van der Waals surface area contributed by atoms with Gasteiger partial charge in [0.15, 0.2) is 0 Å². The molecule has 0 aliphatic carbocycles. The maximum absolute atomic E-state index is 8.91. The van der Waals surface area contributed by atoms with Crippen LogP contribution in [0, 0.1) is 0 Å². The zero-order chi connectivity index (χ0) is 9.23. The lowest BCUT2D eigenvalue weighted by Crippen LogP contribution is -2.07. The van der Waals surface area contributed by atoms with Gasteiger partial charge < -0.3 is 5.11 Å². The molecule has 0 rings (SSSR count). The summed E-state index contributed by atoms with van der Waals surface area (Å²) < 4.78 is 0. The van der Waals surface area contributed by atoms with Gasteiger partial charge in [-0.15, -0.1) is 0 Å². The highest BCUT2D eigenvalue weighted by Gasteiger charge is 2.03. The summed E-state index contributed by atoms with van der Waals surface area (Å²) in [5, 5.41) is 9.39. The summed E-state index contributed by atoms with van der Waals surface area (Å²) in [6, 6.07) is 0.